The topological polar surface area (TPSA) is 34.1 Å². The van der Waals surface area contributed by atoms with Gasteiger partial charge in [-0.3, -0.25) is 4.98 Å². The van der Waals surface area contributed by atoms with Gasteiger partial charge in [-0.25, -0.2) is 0 Å². The molecule has 0 spiro atoms. The van der Waals surface area contributed by atoms with Gasteiger partial charge >= 0.3 is 0 Å². The van der Waals surface area contributed by atoms with Gasteiger partial charge in [0.05, 0.1) is 11.8 Å². The molecule has 3 nitrogen and oxygen atoms in total. The molecule has 3 unspecified atom stereocenters. The normalized spacial score (nSPS) is 32.9. The first-order valence-electron chi connectivity index (χ1n) is 6.86. The number of hydrogen-bond donors (Lipinski definition) is 1. The lowest BCUT2D eigenvalue weighted by Gasteiger charge is -2.55. The summed E-state index contributed by atoms with van der Waals surface area (Å²) in [4.78, 5) is 4.54. The molecule has 0 aromatic carbocycles. The summed E-state index contributed by atoms with van der Waals surface area (Å²) in [7, 11) is 0. The predicted octanol–water partition coefficient (Wildman–Crippen LogP) is 2.29. The first kappa shape index (κ1) is 12.1. The Hall–Kier alpha value is -0.930. The highest BCUT2D eigenvalue weighted by molar-refractivity contribution is 5.14. The van der Waals surface area contributed by atoms with Crippen molar-refractivity contribution in [1.29, 1.82) is 0 Å². The number of rotatable bonds is 3. The van der Waals surface area contributed by atoms with Crippen LogP contribution in [0.1, 0.15) is 31.7 Å². The standard InChI is InChI=1S/C15H22N2O/c1-10-5-4-6-11(17-10)9-16-13-12-7-8-18-14(12)15(13,2)3/h4-6,12-14,16H,7-9H2,1-3H3. The van der Waals surface area contributed by atoms with Crippen molar-refractivity contribution in [3.8, 4) is 0 Å². The van der Waals surface area contributed by atoms with Crippen molar-refractivity contribution < 1.29 is 4.74 Å². The molecule has 0 radical (unpaired) electrons. The van der Waals surface area contributed by atoms with Crippen LogP contribution in [-0.4, -0.2) is 23.7 Å². The van der Waals surface area contributed by atoms with Crippen molar-refractivity contribution in [1.82, 2.24) is 10.3 Å². The van der Waals surface area contributed by atoms with Crippen LogP contribution >= 0.6 is 0 Å². The van der Waals surface area contributed by atoms with Gasteiger partial charge in [-0.15, -0.1) is 0 Å². The number of aromatic nitrogens is 1. The SMILES string of the molecule is Cc1cccc(CNC2C3CCOC3C2(C)C)n1. The van der Waals surface area contributed by atoms with Gasteiger partial charge in [0.2, 0.25) is 0 Å². The zero-order valence-corrected chi connectivity index (χ0v) is 11.4. The molecule has 1 N–H and O–H groups in total. The Morgan fingerprint density at radius 2 is 2.28 bits per heavy atom. The molecule has 3 heteroatoms. The maximum Gasteiger partial charge on any atom is 0.0685 e. The predicted molar refractivity (Wildman–Crippen MR) is 71.2 cm³/mol. The summed E-state index contributed by atoms with van der Waals surface area (Å²) in [6.07, 6.45) is 1.66. The van der Waals surface area contributed by atoms with Gasteiger partial charge < -0.3 is 10.1 Å². The summed E-state index contributed by atoms with van der Waals surface area (Å²) in [5.74, 6) is 0.699. The molecule has 1 saturated heterocycles. The molecule has 18 heavy (non-hydrogen) atoms. The number of nitrogens with zero attached hydrogens (tertiary/aromatic N) is 1. The second kappa shape index (κ2) is 4.32. The summed E-state index contributed by atoms with van der Waals surface area (Å²) in [5.41, 5.74) is 2.47. The summed E-state index contributed by atoms with van der Waals surface area (Å²) >= 11 is 0. The molecule has 1 aromatic heterocycles. The molecule has 2 heterocycles. The highest BCUT2D eigenvalue weighted by atomic mass is 16.5. The zero-order valence-electron chi connectivity index (χ0n) is 11.4. The smallest absolute Gasteiger partial charge is 0.0685 e. The number of aryl methyl sites for hydroxylation is 1. The number of ether oxygens (including phenoxy) is 1. The van der Waals surface area contributed by atoms with Crippen LogP contribution < -0.4 is 5.32 Å². The van der Waals surface area contributed by atoms with E-state index in [1.165, 1.54) is 6.42 Å². The van der Waals surface area contributed by atoms with Crippen LogP contribution in [0.5, 0.6) is 0 Å². The van der Waals surface area contributed by atoms with Gasteiger partial charge in [0, 0.05) is 36.2 Å². The Balaban J connectivity index is 1.64. The van der Waals surface area contributed by atoms with Crippen molar-refractivity contribution in [2.75, 3.05) is 6.61 Å². The molecule has 1 aliphatic carbocycles. The zero-order chi connectivity index (χ0) is 12.8. The molecular weight excluding hydrogens is 224 g/mol. The van der Waals surface area contributed by atoms with Crippen LogP contribution in [-0.2, 0) is 11.3 Å². The second-order valence-electron chi connectivity index (χ2n) is 6.19. The number of fused-ring (bicyclic) bond motifs is 1. The average Bonchev–Trinajstić information content (AvgIpc) is 2.75. The molecule has 0 bridgehead atoms. The molecule has 3 atom stereocenters. The van der Waals surface area contributed by atoms with Gasteiger partial charge in [-0.1, -0.05) is 19.9 Å². The average molecular weight is 246 g/mol. The Morgan fingerprint density at radius 1 is 1.44 bits per heavy atom. The molecule has 2 fully saturated rings. The van der Waals surface area contributed by atoms with Crippen LogP contribution in [0.2, 0.25) is 0 Å². The minimum absolute atomic E-state index is 0.255. The van der Waals surface area contributed by atoms with Gasteiger partial charge in [0.1, 0.15) is 0 Å². The summed E-state index contributed by atoms with van der Waals surface area (Å²) < 4.78 is 5.81. The summed E-state index contributed by atoms with van der Waals surface area (Å²) in [5, 5.41) is 3.68. The van der Waals surface area contributed by atoms with Crippen molar-refractivity contribution in [3.63, 3.8) is 0 Å². The summed E-state index contributed by atoms with van der Waals surface area (Å²) in [6.45, 7) is 8.44. The fourth-order valence-corrected chi connectivity index (χ4v) is 3.65. The third kappa shape index (κ3) is 1.86. The van der Waals surface area contributed by atoms with E-state index >= 15 is 0 Å². The van der Waals surface area contributed by atoms with E-state index in [9.17, 15) is 0 Å². The van der Waals surface area contributed by atoms with Gasteiger partial charge in [-0.2, -0.15) is 0 Å². The van der Waals surface area contributed by atoms with Crippen LogP contribution in [0.25, 0.3) is 0 Å². The summed E-state index contributed by atoms with van der Waals surface area (Å²) in [6, 6.07) is 6.77. The second-order valence-corrected chi connectivity index (χ2v) is 6.19. The van der Waals surface area contributed by atoms with Crippen molar-refractivity contribution in [2.24, 2.45) is 11.3 Å². The van der Waals surface area contributed by atoms with Crippen LogP contribution in [0, 0.1) is 18.3 Å². The van der Waals surface area contributed by atoms with Gasteiger partial charge in [0.25, 0.3) is 0 Å². The Bertz CT molecular complexity index is 444. The number of pyridine rings is 1. The van der Waals surface area contributed by atoms with Crippen molar-refractivity contribution >= 4 is 0 Å². The third-order valence-electron chi connectivity index (χ3n) is 4.55. The van der Waals surface area contributed by atoms with E-state index in [-0.39, 0.29) is 5.41 Å². The van der Waals surface area contributed by atoms with E-state index in [2.05, 4.69) is 36.3 Å². The van der Waals surface area contributed by atoms with Crippen molar-refractivity contribution in [3.05, 3.63) is 29.6 Å². The first-order valence-corrected chi connectivity index (χ1v) is 6.86. The molecular formula is C15H22N2O. The lowest BCUT2D eigenvalue weighted by atomic mass is 9.57. The van der Waals surface area contributed by atoms with E-state index in [1.807, 2.05) is 13.0 Å². The molecule has 98 valence electrons. The third-order valence-corrected chi connectivity index (χ3v) is 4.55. The molecule has 1 aliphatic heterocycles. The number of hydrogen-bond acceptors (Lipinski definition) is 3. The Labute approximate surface area is 109 Å². The van der Waals surface area contributed by atoms with E-state index in [0.29, 0.717) is 18.1 Å². The maximum atomic E-state index is 5.81. The van der Waals surface area contributed by atoms with Gasteiger partial charge in [-0.05, 0) is 25.5 Å². The van der Waals surface area contributed by atoms with Crippen LogP contribution in [0.3, 0.4) is 0 Å². The Kier molecular flexibility index (Phi) is 2.91. The fourth-order valence-electron chi connectivity index (χ4n) is 3.65. The molecule has 1 saturated carbocycles. The maximum absolute atomic E-state index is 5.81. The minimum atomic E-state index is 0.255. The van der Waals surface area contributed by atoms with Crippen LogP contribution in [0.4, 0.5) is 0 Å². The van der Waals surface area contributed by atoms with E-state index in [1.54, 1.807) is 0 Å². The largest absolute Gasteiger partial charge is 0.377 e. The quantitative estimate of drug-likeness (QED) is 0.888. The number of nitrogens with one attached hydrogen (secondary N) is 1. The lowest BCUT2D eigenvalue weighted by Crippen LogP contribution is -2.65. The molecule has 3 rings (SSSR count). The lowest BCUT2D eigenvalue weighted by molar-refractivity contribution is -0.113. The van der Waals surface area contributed by atoms with E-state index in [4.69, 9.17) is 4.74 Å². The van der Waals surface area contributed by atoms with Crippen molar-refractivity contribution in [2.45, 2.75) is 45.9 Å². The van der Waals surface area contributed by atoms with Gasteiger partial charge in [0.15, 0.2) is 0 Å². The molecule has 2 aliphatic rings. The van der Waals surface area contributed by atoms with E-state index in [0.717, 1.165) is 24.5 Å². The van der Waals surface area contributed by atoms with E-state index < -0.39 is 0 Å². The van der Waals surface area contributed by atoms with Crippen LogP contribution in [0.15, 0.2) is 18.2 Å². The minimum Gasteiger partial charge on any atom is -0.377 e. The fraction of sp³-hybridized carbons (Fsp3) is 0.667. The highest BCUT2D eigenvalue weighted by Crippen LogP contribution is 2.52. The monoisotopic (exact) mass is 246 g/mol. The highest BCUT2D eigenvalue weighted by Gasteiger charge is 2.58. The molecule has 1 aromatic rings. The first-order chi connectivity index (χ1) is 8.59. The Morgan fingerprint density at radius 3 is 3.06 bits per heavy atom. The molecule has 0 amide bonds.